The minimum Gasteiger partial charge on any atom is -0.378 e. The number of hydrogen-bond acceptors (Lipinski definition) is 6. The lowest BCUT2D eigenvalue weighted by molar-refractivity contribution is -0.121. The second-order valence-electron chi connectivity index (χ2n) is 6.00. The van der Waals surface area contributed by atoms with Gasteiger partial charge in [-0.3, -0.25) is 9.32 Å². The van der Waals surface area contributed by atoms with Crippen molar-refractivity contribution in [3.8, 4) is 11.4 Å². The van der Waals surface area contributed by atoms with Gasteiger partial charge < -0.3 is 4.90 Å². The van der Waals surface area contributed by atoms with Crippen LogP contribution in [-0.4, -0.2) is 35.9 Å². The fraction of sp³-hybridized carbons (Fsp3) is 0.158. The number of hydrogen-bond donors (Lipinski definition) is 1. The van der Waals surface area contributed by atoms with E-state index in [1.807, 2.05) is 61.5 Å². The van der Waals surface area contributed by atoms with E-state index >= 15 is 0 Å². The third-order valence-electron chi connectivity index (χ3n) is 3.83. The third kappa shape index (κ3) is 4.49. The highest BCUT2D eigenvalue weighted by Gasteiger charge is 2.15. The van der Waals surface area contributed by atoms with Gasteiger partial charge in [-0.05, 0) is 17.7 Å². The van der Waals surface area contributed by atoms with Crippen LogP contribution in [-0.2, 0) is 11.3 Å². The lowest BCUT2D eigenvalue weighted by Gasteiger charge is -2.11. The number of nitrogens with one attached hydrogen (secondary N) is 1. The number of amides is 1. The molecular formula is C19H19N5O3. The SMILES string of the molecule is CN(C)c1ccc(C=NNC(=O)Cn2c(-c3ccccc3)noc2=O)cc1. The van der Waals surface area contributed by atoms with Crippen LogP contribution in [0.4, 0.5) is 5.69 Å². The fourth-order valence-electron chi connectivity index (χ4n) is 2.42. The number of hydrazone groups is 1. The van der Waals surface area contributed by atoms with Crippen LogP contribution in [0.2, 0.25) is 0 Å². The van der Waals surface area contributed by atoms with Gasteiger partial charge in [-0.25, -0.2) is 14.8 Å². The van der Waals surface area contributed by atoms with Crippen LogP contribution in [0, 0.1) is 0 Å². The summed E-state index contributed by atoms with van der Waals surface area (Å²) in [5, 5.41) is 7.67. The van der Waals surface area contributed by atoms with E-state index in [9.17, 15) is 9.59 Å². The third-order valence-corrected chi connectivity index (χ3v) is 3.83. The zero-order chi connectivity index (χ0) is 19.2. The number of anilines is 1. The molecule has 1 N–H and O–H groups in total. The van der Waals surface area contributed by atoms with Crippen LogP contribution in [0.1, 0.15) is 5.56 Å². The Morgan fingerprint density at radius 1 is 1.19 bits per heavy atom. The summed E-state index contributed by atoms with van der Waals surface area (Å²) in [6.07, 6.45) is 1.53. The van der Waals surface area contributed by atoms with E-state index in [4.69, 9.17) is 4.52 Å². The van der Waals surface area contributed by atoms with Gasteiger partial charge in [0.25, 0.3) is 5.91 Å². The quantitative estimate of drug-likeness (QED) is 0.530. The van der Waals surface area contributed by atoms with E-state index < -0.39 is 11.7 Å². The average molecular weight is 365 g/mol. The fourth-order valence-corrected chi connectivity index (χ4v) is 2.42. The number of rotatable bonds is 6. The van der Waals surface area contributed by atoms with Gasteiger partial charge in [0.2, 0.25) is 0 Å². The maximum atomic E-state index is 12.1. The smallest absolute Gasteiger partial charge is 0.378 e. The molecule has 3 rings (SSSR count). The van der Waals surface area contributed by atoms with Crippen molar-refractivity contribution in [2.45, 2.75) is 6.54 Å². The monoisotopic (exact) mass is 365 g/mol. The highest BCUT2D eigenvalue weighted by atomic mass is 16.5. The molecule has 1 amide bonds. The molecule has 1 aromatic heterocycles. The molecule has 0 atom stereocenters. The molecule has 0 aliphatic rings. The molecule has 0 saturated carbocycles. The summed E-state index contributed by atoms with van der Waals surface area (Å²) in [6.45, 7) is -0.247. The number of carbonyl (C=O) groups is 1. The number of benzene rings is 2. The second kappa shape index (κ2) is 8.13. The predicted octanol–water partition coefficient (Wildman–Crippen LogP) is 1.72. The normalized spacial score (nSPS) is 10.9. The average Bonchev–Trinajstić information content (AvgIpc) is 3.03. The minimum atomic E-state index is -0.702. The summed E-state index contributed by atoms with van der Waals surface area (Å²) in [5.41, 5.74) is 4.99. The Morgan fingerprint density at radius 2 is 1.89 bits per heavy atom. The number of aromatic nitrogens is 2. The van der Waals surface area contributed by atoms with Crippen LogP contribution in [0.15, 0.2) is 69.0 Å². The van der Waals surface area contributed by atoms with E-state index in [2.05, 4.69) is 15.7 Å². The Kier molecular flexibility index (Phi) is 5.46. The summed E-state index contributed by atoms with van der Waals surface area (Å²) >= 11 is 0. The van der Waals surface area contributed by atoms with Crippen LogP contribution in [0.25, 0.3) is 11.4 Å². The summed E-state index contributed by atoms with van der Waals surface area (Å²) in [5.74, 6) is -0.870. The van der Waals surface area contributed by atoms with Crippen LogP contribution in [0.5, 0.6) is 0 Å². The molecule has 2 aromatic carbocycles. The van der Waals surface area contributed by atoms with E-state index in [1.54, 1.807) is 12.1 Å². The van der Waals surface area contributed by atoms with E-state index in [0.717, 1.165) is 15.8 Å². The Balaban J connectivity index is 1.65. The molecule has 0 fully saturated rings. The van der Waals surface area contributed by atoms with Gasteiger partial charge in [-0.15, -0.1) is 0 Å². The van der Waals surface area contributed by atoms with Crippen LogP contribution in [0.3, 0.4) is 0 Å². The Bertz CT molecular complexity index is 988. The van der Waals surface area contributed by atoms with E-state index in [-0.39, 0.29) is 6.54 Å². The summed E-state index contributed by atoms with van der Waals surface area (Å²) in [6, 6.07) is 16.7. The molecule has 0 aliphatic carbocycles. The van der Waals surface area contributed by atoms with Gasteiger partial charge in [0.15, 0.2) is 5.82 Å². The first kappa shape index (κ1) is 18.1. The lowest BCUT2D eigenvalue weighted by atomic mass is 10.2. The van der Waals surface area contributed by atoms with Gasteiger partial charge in [0, 0.05) is 25.3 Å². The van der Waals surface area contributed by atoms with Crippen molar-refractivity contribution in [3.63, 3.8) is 0 Å². The molecule has 0 spiro atoms. The Hall–Kier alpha value is -3.68. The van der Waals surface area contributed by atoms with Gasteiger partial charge >= 0.3 is 5.76 Å². The molecular weight excluding hydrogens is 346 g/mol. The summed E-state index contributed by atoms with van der Waals surface area (Å²) in [4.78, 5) is 26.0. The maximum absolute atomic E-state index is 12.1. The van der Waals surface area contributed by atoms with Crippen molar-refractivity contribution in [3.05, 3.63) is 70.7 Å². The van der Waals surface area contributed by atoms with Crippen molar-refractivity contribution >= 4 is 17.8 Å². The summed E-state index contributed by atoms with van der Waals surface area (Å²) < 4.78 is 5.85. The molecule has 0 radical (unpaired) electrons. The number of carbonyl (C=O) groups excluding carboxylic acids is 1. The molecule has 0 saturated heterocycles. The Labute approximate surface area is 155 Å². The van der Waals surface area contributed by atoms with Gasteiger partial charge in [-0.2, -0.15) is 5.10 Å². The van der Waals surface area contributed by atoms with Crippen LogP contribution >= 0.6 is 0 Å². The zero-order valence-electron chi connectivity index (χ0n) is 15.0. The molecule has 1 heterocycles. The molecule has 0 bridgehead atoms. The van der Waals surface area contributed by atoms with Crippen molar-refractivity contribution in [1.29, 1.82) is 0 Å². The molecule has 138 valence electrons. The van der Waals surface area contributed by atoms with Gasteiger partial charge in [0.05, 0.1) is 6.21 Å². The molecule has 8 heteroatoms. The van der Waals surface area contributed by atoms with Crippen molar-refractivity contribution in [2.75, 3.05) is 19.0 Å². The molecule has 0 aliphatic heterocycles. The lowest BCUT2D eigenvalue weighted by Crippen LogP contribution is -2.28. The highest BCUT2D eigenvalue weighted by Crippen LogP contribution is 2.14. The van der Waals surface area contributed by atoms with Gasteiger partial charge in [-0.1, -0.05) is 47.6 Å². The first-order valence-corrected chi connectivity index (χ1v) is 8.26. The Morgan fingerprint density at radius 3 is 2.56 bits per heavy atom. The standard InChI is InChI=1S/C19H19N5O3/c1-23(2)16-10-8-14(9-11-16)12-20-21-17(25)13-24-18(22-27-19(24)26)15-6-4-3-5-7-15/h3-12H,13H2,1-2H3,(H,21,25). The molecule has 3 aromatic rings. The van der Waals surface area contributed by atoms with Crippen molar-refractivity contribution < 1.29 is 9.32 Å². The van der Waals surface area contributed by atoms with Crippen molar-refractivity contribution in [2.24, 2.45) is 5.10 Å². The van der Waals surface area contributed by atoms with E-state index in [1.165, 1.54) is 6.21 Å². The first-order chi connectivity index (χ1) is 13.0. The largest absolute Gasteiger partial charge is 0.442 e. The molecule has 8 nitrogen and oxygen atoms in total. The second-order valence-corrected chi connectivity index (χ2v) is 6.00. The van der Waals surface area contributed by atoms with Gasteiger partial charge in [0.1, 0.15) is 6.54 Å². The predicted molar refractivity (Wildman–Crippen MR) is 103 cm³/mol. The minimum absolute atomic E-state index is 0.247. The van der Waals surface area contributed by atoms with Crippen molar-refractivity contribution in [1.82, 2.24) is 15.1 Å². The van der Waals surface area contributed by atoms with E-state index in [0.29, 0.717) is 11.4 Å². The zero-order valence-corrected chi connectivity index (χ0v) is 15.0. The van der Waals surface area contributed by atoms with Crippen LogP contribution < -0.4 is 16.1 Å². The first-order valence-electron chi connectivity index (χ1n) is 8.26. The molecule has 0 unspecified atom stereocenters. The maximum Gasteiger partial charge on any atom is 0.442 e. The molecule has 27 heavy (non-hydrogen) atoms. The topological polar surface area (TPSA) is 92.7 Å². The summed E-state index contributed by atoms with van der Waals surface area (Å²) in [7, 11) is 3.92. The highest BCUT2D eigenvalue weighted by molar-refractivity contribution is 5.83. The number of nitrogens with zero attached hydrogens (tertiary/aromatic N) is 4.